The van der Waals surface area contributed by atoms with Gasteiger partial charge in [0.1, 0.15) is 5.69 Å². The first-order chi connectivity index (χ1) is 20.1. The molecule has 1 aromatic heterocycles. The normalized spacial score (nSPS) is 25.4. The lowest BCUT2D eigenvalue weighted by molar-refractivity contribution is -0.134. The fraction of sp³-hybridized carbons (Fsp3) is 0.471. The van der Waals surface area contributed by atoms with Crippen molar-refractivity contribution in [2.45, 2.75) is 89.3 Å². The maximum absolute atomic E-state index is 13.0. The molecule has 0 radical (unpaired) electrons. The Morgan fingerprint density at radius 2 is 1.64 bits per heavy atom. The van der Waals surface area contributed by atoms with Crippen LogP contribution in [0.2, 0.25) is 0 Å². The monoisotopic (exact) mass is 569 g/mol. The number of nitrogens with two attached hydrogens (primary N) is 1. The average molecular weight is 570 g/mol. The standard InChI is InChI=1S/C34H43N5O3/c1-4-31(41)39(5-2)27-17-11-23(12-18-27)19-30(40)36-29-20-28(24-9-7-6-8-10-24)32(38-37-29)25-13-15-26(16-14-25)34(35)21-33(3,42)22-34/h6-10,13-16,20,23,27,42H,4-5,11-12,17-19,21-22,35H2,1-3H3,(H,36,37,40)/t23?,27?,33-,34-. The van der Waals surface area contributed by atoms with Crippen LogP contribution in [-0.4, -0.2) is 50.2 Å². The highest BCUT2D eigenvalue weighted by Gasteiger charge is 2.49. The van der Waals surface area contributed by atoms with Crippen LogP contribution in [-0.2, 0) is 15.1 Å². The van der Waals surface area contributed by atoms with Crippen LogP contribution in [0.15, 0.2) is 60.7 Å². The summed E-state index contributed by atoms with van der Waals surface area (Å²) in [5.41, 5.74) is 9.77. The Morgan fingerprint density at radius 1 is 0.976 bits per heavy atom. The van der Waals surface area contributed by atoms with E-state index in [1.165, 1.54) is 0 Å². The number of hydrogen-bond donors (Lipinski definition) is 3. The molecule has 8 heteroatoms. The number of benzene rings is 2. The van der Waals surface area contributed by atoms with Gasteiger partial charge in [-0.3, -0.25) is 9.59 Å². The van der Waals surface area contributed by atoms with Gasteiger partial charge in [0.25, 0.3) is 0 Å². The molecule has 0 unspecified atom stereocenters. The summed E-state index contributed by atoms with van der Waals surface area (Å²) in [4.78, 5) is 27.3. The highest BCUT2D eigenvalue weighted by Crippen LogP contribution is 2.46. The molecule has 4 N–H and O–H groups in total. The summed E-state index contributed by atoms with van der Waals surface area (Å²) in [7, 11) is 0. The largest absolute Gasteiger partial charge is 0.390 e. The third-order valence-corrected chi connectivity index (χ3v) is 8.97. The van der Waals surface area contributed by atoms with Gasteiger partial charge < -0.3 is 21.1 Å². The van der Waals surface area contributed by atoms with Crippen molar-refractivity contribution in [3.8, 4) is 22.4 Å². The molecule has 42 heavy (non-hydrogen) atoms. The minimum atomic E-state index is -0.718. The van der Waals surface area contributed by atoms with Crippen molar-refractivity contribution >= 4 is 17.6 Å². The van der Waals surface area contributed by atoms with E-state index in [4.69, 9.17) is 5.73 Å². The molecule has 2 saturated carbocycles. The van der Waals surface area contributed by atoms with Gasteiger partial charge in [-0.2, -0.15) is 0 Å². The lowest BCUT2D eigenvalue weighted by Crippen LogP contribution is -2.58. The van der Waals surface area contributed by atoms with Gasteiger partial charge >= 0.3 is 0 Å². The molecule has 0 spiro atoms. The van der Waals surface area contributed by atoms with E-state index >= 15 is 0 Å². The van der Waals surface area contributed by atoms with Crippen molar-refractivity contribution in [2.75, 3.05) is 11.9 Å². The van der Waals surface area contributed by atoms with Crippen molar-refractivity contribution in [2.24, 2.45) is 11.7 Å². The summed E-state index contributed by atoms with van der Waals surface area (Å²) in [5, 5.41) is 22.1. The van der Waals surface area contributed by atoms with Crippen molar-refractivity contribution < 1.29 is 14.7 Å². The average Bonchev–Trinajstić information content (AvgIpc) is 2.97. The zero-order valence-corrected chi connectivity index (χ0v) is 25.0. The van der Waals surface area contributed by atoms with Gasteiger partial charge in [-0.15, -0.1) is 10.2 Å². The Morgan fingerprint density at radius 3 is 2.24 bits per heavy atom. The minimum Gasteiger partial charge on any atom is -0.390 e. The Hall–Kier alpha value is -3.62. The zero-order chi connectivity index (χ0) is 29.9. The molecule has 0 saturated heterocycles. The Bertz CT molecular complexity index is 1390. The number of amides is 2. The van der Waals surface area contributed by atoms with Gasteiger partial charge in [0.15, 0.2) is 5.82 Å². The van der Waals surface area contributed by atoms with Crippen molar-refractivity contribution in [3.05, 3.63) is 66.2 Å². The van der Waals surface area contributed by atoms with E-state index in [-0.39, 0.29) is 17.9 Å². The smallest absolute Gasteiger partial charge is 0.225 e. The van der Waals surface area contributed by atoms with Crippen LogP contribution < -0.4 is 11.1 Å². The summed E-state index contributed by atoms with van der Waals surface area (Å²) in [6.07, 6.45) is 5.76. The quantitative estimate of drug-likeness (QED) is 0.306. The molecule has 2 fully saturated rings. The van der Waals surface area contributed by atoms with E-state index in [0.29, 0.717) is 37.4 Å². The maximum atomic E-state index is 13.0. The van der Waals surface area contributed by atoms with Crippen LogP contribution >= 0.6 is 0 Å². The van der Waals surface area contributed by atoms with Gasteiger partial charge in [0.05, 0.1) is 5.60 Å². The summed E-state index contributed by atoms with van der Waals surface area (Å²) in [5.74, 6) is 0.865. The minimum absolute atomic E-state index is 0.0644. The molecule has 222 valence electrons. The predicted molar refractivity (Wildman–Crippen MR) is 165 cm³/mol. The summed E-state index contributed by atoms with van der Waals surface area (Å²) >= 11 is 0. The van der Waals surface area contributed by atoms with E-state index in [1.54, 1.807) is 0 Å². The van der Waals surface area contributed by atoms with Crippen molar-refractivity contribution in [1.82, 2.24) is 15.1 Å². The zero-order valence-electron chi connectivity index (χ0n) is 25.0. The number of carbonyl (C=O) groups excluding carboxylic acids is 2. The predicted octanol–water partition coefficient (Wildman–Crippen LogP) is 5.66. The first-order valence-electron chi connectivity index (χ1n) is 15.3. The second-order valence-electron chi connectivity index (χ2n) is 12.4. The summed E-state index contributed by atoms with van der Waals surface area (Å²) in [6, 6.07) is 20.1. The van der Waals surface area contributed by atoms with Crippen LogP contribution in [0.1, 0.15) is 77.7 Å². The Kier molecular flexibility index (Phi) is 8.76. The number of hydrogen-bond acceptors (Lipinski definition) is 6. The van der Waals surface area contributed by atoms with E-state index in [9.17, 15) is 14.7 Å². The molecule has 0 bridgehead atoms. The van der Waals surface area contributed by atoms with Gasteiger partial charge in [0.2, 0.25) is 11.8 Å². The molecular weight excluding hydrogens is 526 g/mol. The van der Waals surface area contributed by atoms with Gasteiger partial charge in [-0.05, 0) is 75.5 Å². The highest BCUT2D eigenvalue weighted by molar-refractivity contribution is 5.91. The Balaban J connectivity index is 1.28. The fourth-order valence-electron chi connectivity index (χ4n) is 6.93. The van der Waals surface area contributed by atoms with Crippen molar-refractivity contribution in [1.29, 1.82) is 0 Å². The van der Waals surface area contributed by atoms with Crippen LogP contribution in [0, 0.1) is 5.92 Å². The topological polar surface area (TPSA) is 121 Å². The van der Waals surface area contributed by atoms with E-state index < -0.39 is 11.1 Å². The van der Waals surface area contributed by atoms with Crippen LogP contribution in [0.3, 0.4) is 0 Å². The SMILES string of the molecule is CCC(=O)N(CC)C1CCC(CC(=O)Nc2cc(-c3ccccc3)c(-c3ccc([C@]4(N)C[C@](C)(O)C4)cc3)nn2)CC1. The molecule has 2 amide bonds. The third-order valence-electron chi connectivity index (χ3n) is 8.97. The molecule has 0 aliphatic heterocycles. The fourth-order valence-corrected chi connectivity index (χ4v) is 6.93. The summed E-state index contributed by atoms with van der Waals surface area (Å²) in [6.45, 7) is 6.50. The van der Waals surface area contributed by atoms with Crippen LogP contribution in [0.25, 0.3) is 22.4 Å². The number of aliphatic hydroxyl groups is 1. The third kappa shape index (κ3) is 6.55. The second-order valence-corrected chi connectivity index (χ2v) is 12.4. The van der Waals surface area contributed by atoms with Crippen molar-refractivity contribution in [3.63, 3.8) is 0 Å². The number of rotatable bonds is 9. The molecule has 3 aromatic rings. The Labute approximate surface area is 248 Å². The van der Waals surface area contributed by atoms with Crippen LogP contribution in [0.4, 0.5) is 5.82 Å². The molecule has 5 rings (SSSR count). The first-order valence-corrected chi connectivity index (χ1v) is 15.3. The molecule has 8 nitrogen and oxygen atoms in total. The molecule has 2 aliphatic rings. The lowest BCUT2D eigenvalue weighted by Gasteiger charge is -2.49. The van der Waals surface area contributed by atoms with Gasteiger partial charge in [-0.25, -0.2) is 0 Å². The van der Waals surface area contributed by atoms with Gasteiger partial charge in [0, 0.05) is 42.1 Å². The van der Waals surface area contributed by atoms with E-state index in [2.05, 4.69) is 15.5 Å². The number of anilines is 1. The number of nitrogens with one attached hydrogen (secondary N) is 1. The first kappa shape index (κ1) is 29.9. The lowest BCUT2D eigenvalue weighted by atomic mass is 9.63. The summed E-state index contributed by atoms with van der Waals surface area (Å²) < 4.78 is 0. The molecule has 0 atom stereocenters. The molecule has 2 aliphatic carbocycles. The number of carbonyl (C=O) groups is 2. The van der Waals surface area contributed by atoms with Crippen LogP contribution in [0.5, 0.6) is 0 Å². The highest BCUT2D eigenvalue weighted by atomic mass is 16.3. The second kappa shape index (κ2) is 12.3. The number of nitrogens with zero attached hydrogens (tertiary/aromatic N) is 3. The van der Waals surface area contributed by atoms with E-state index in [1.807, 2.05) is 86.3 Å². The number of aromatic nitrogens is 2. The maximum Gasteiger partial charge on any atom is 0.225 e. The molecule has 1 heterocycles. The van der Waals surface area contributed by atoms with Gasteiger partial charge in [-0.1, -0.05) is 61.5 Å². The van der Waals surface area contributed by atoms with E-state index in [0.717, 1.165) is 60.2 Å². The molecule has 2 aromatic carbocycles. The molecular formula is C34H43N5O3.